The molecule has 0 fully saturated rings. The number of rotatable bonds is 2. The van der Waals surface area contributed by atoms with Gasteiger partial charge in [-0.2, -0.15) is 0 Å². The average Bonchev–Trinajstić information content (AvgIpc) is 2.53. The van der Waals surface area contributed by atoms with E-state index in [2.05, 4.69) is 52.2 Å². The summed E-state index contributed by atoms with van der Waals surface area (Å²) in [5.74, 6) is -0.0338. The average molecular weight is 384 g/mol. The number of benzene rings is 2. The number of nitrogens with one attached hydrogen (secondary N) is 2. The van der Waals surface area contributed by atoms with Crippen LogP contribution in [0, 0.1) is 0 Å². The highest BCUT2D eigenvalue weighted by Gasteiger charge is 2.13. The molecule has 0 aliphatic heterocycles. The Hall–Kier alpha value is -2.82. The molecular formula is C23H33N3O2. The lowest BCUT2D eigenvalue weighted by atomic mass is 9.87. The first-order valence-electron chi connectivity index (χ1n) is 9.34. The Kier molecular flexibility index (Phi) is 7.79. The third-order valence-electron chi connectivity index (χ3n) is 4.09. The van der Waals surface area contributed by atoms with Gasteiger partial charge in [0.1, 0.15) is 0 Å². The monoisotopic (exact) mass is 383 g/mol. The Morgan fingerprint density at radius 3 is 1.25 bits per heavy atom. The number of nitrogens with two attached hydrogens (primary N) is 1. The summed E-state index contributed by atoms with van der Waals surface area (Å²) in [5.41, 5.74) is 9.37. The van der Waals surface area contributed by atoms with Gasteiger partial charge in [0.05, 0.1) is 0 Å². The molecule has 0 unspecified atom stereocenters. The van der Waals surface area contributed by atoms with Gasteiger partial charge in [0, 0.05) is 18.3 Å². The third-order valence-corrected chi connectivity index (χ3v) is 4.09. The molecule has 0 radical (unpaired) electrons. The molecular weight excluding hydrogens is 350 g/mol. The number of hydrogen-bond donors (Lipinski definition) is 3. The van der Waals surface area contributed by atoms with Gasteiger partial charge in [0.25, 0.3) is 0 Å². The second-order valence-corrected chi connectivity index (χ2v) is 8.83. The summed E-state index contributed by atoms with van der Waals surface area (Å²) < 4.78 is 0. The molecule has 0 heterocycles. The molecule has 5 heteroatoms. The number of anilines is 2. The van der Waals surface area contributed by atoms with Crippen molar-refractivity contribution >= 4 is 23.3 Å². The zero-order valence-corrected chi connectivity index (χ0v) is 18.0. The molecule has 5 nitrogen and oxygen atoms in total. The van der Waals surface area contributed by atoms with Crippen molar-refractivity contribution in [2.45, 2.75) is 59.3 Å². The van der Waals surface area contributed by atoms with E-state index in [1.807, 2.05) is 48.5 Å². The van der Waals surface area contributed by atoms with E-state index in [9.17, 15) is 9.59 Å². The Labute approximate surface area is 168 Å². The number of hydrogen-bond acceptors (Lipinski definition) is 2. The summed E-state index contributed by atoms with van der Waals surface area (Å²) in [6.45, 7) is 14.4. The largest absolute Gasteiger partial charge is 0.351 e. The second-order valence-electron chi connectivity index (χ2n) is 8.83. The molecule has 3 amide bonds. The molecule has 2 aromatic rings. The topological polar surface area (TPSA) is 84.2 Å². The van der Waals surface area contributed by atoms with Gasteiger partial charge in [0.15, 0.2) is 0 Å². The Morgan fingerprint density at radius 2 is 1.00 bits per heavy atom. The van der Waals surface area contributed by atoms with Gasteiger partial charge in [-0.25, -0.2) is 4.79 Å². The lowest BCUT2D eigenvalue weighted by molar-refractivity contribution is -0.114. The van der Waals surface area contributed by atoms with Crippen LogP contribution in [-0.2, 0) is 15.6 Å². The van der Waals surface area contributed by atoms with Crippen molar-refractivity contribution in [2.75, 3.05) is 10.6 Å². The van der Waals surface area contributed by atoms with E-state index in [0.717, 1.165) is 11.4 Å². The standard InChI is InChI=1S/C12H17NO.C11H16N2O/c1-9(14)13-11-7-5-10(6-8-11)12(2,3)4;1-11(2,3)8-4-6-9(7-5-8)13-10(12)14/h5-8H,1-4H3,(H,13,14);4-7H,1-3H3,(H3,12,13,14). The molecule has 0 bridgehead atoms. The highest BCUT2D eigenvalue weighted by molar-refractivity contribution is 5.88. The van der Waals surface area contributed by atoms with Crippen molar-refractivity contribution < 1.29 is 9.59 Å². The van der Waals surface area contributed by atoms with E-state index < -0.39 is 6.03 Å². The maximum atomic E-state index is 10.8. The smallest absolute Gasteiger partial charge is 0.316 e. The van der Waals surface area contributed by atoms with Gasteiger partial charge in [-0.3, -0.25) is 4.79 Å². The van der Waals surface area contributed by atoms with Crippen LogP contribution in [0.4, 0.5) is 16.2 Å². The van der Waals surface area contributed by atoms with Crippen LogP contribution in [0.1, 0.15) is 59.6 Å². The van der Waals surface area contributed by atoms with Crippen LogP contribution in [0.5, 0.6) is 0 Å². The van der Waals surface area contributed by atoms with Crippen LogP contribution in [-0.4, -0.2) is 11.9 Å². The summed E-state index contributed by atoms with van der Waals surface area (Å²) in [4.78, 5) is 21.3. The summed E-state index contributed by atoms with van der Waals surface area (Å²) >= 11 is 0. The van der Waals surface area contributed by atoms with Crippen LogP contribution >= 0.6 is 0 Å². The lowest BCUT2D eigenvalue weighted by Gasteiger charge is -2.19. The number of urea groups is 1. The summed E-state index contributed by atoms with van der Waals surface area (Å²) in [7, 11) is 0. The van der Waals surface area contributed by atoms with Crippen molar-refractivity contribution in [3.8, 4) is 0 Å². The van der Waals surface area contributed by atoms with Gasteiger partial charge in [-0.15, -0.1) is 0 Å². The molecule has 4 N–H and O–H groups in total. The molecule has 28 heavy (non-hydrogen) atoms. The Morgan fingerprint density at radius 1 is 0.679 bits per heavy atom. The van der Waals surface area contributed by atoms with Crippen molar-refractivity contribution in [3.05, 3.63) is 59.7 Å². The Bertz CT molecular complexity index is 711. The molecule has 0 atom stereocenters. The minimum Gasteiger partial charge on any atom is -0.351 e. The fourth-order valence-electron chi connectivity index (χ4n) is 2.45. The van der Waals surface area contributed by atoms with Crippen molar-refractivity contribution in [2.24, 2.45) is 5.73 Å². The van der Waals surface area contributed by atoms with E-state index in [1.165, 1.54) is 18.1 Å². The van der Waals surface area contributed by atoms with Gasteiger partial charge in [-0.1, -0.05) is 65.8 Å². The van der Waals surface area contributed by atoms with E-state index in [0.29, 0.717) is 0 Å². The van der Waals surface area contributed by atoms with Crippen LogP contribution in [0.3, 0.4) is 0 Å². The van der Waals surface area contributed by atoms with Gasteiger partial charge < -0.3 is 16.4 Å². The molecule has 0 aliphatic rings. The van der Waals surface area contributed by atoms with Gasteiger partial charge in [-0.05, 0) is 46.2 Å². The lowest BCUT2D eigenvalue weighted by Crippen LogP contribution is -2.19. The SMILES string of the molecule is CC(=O)Nc1ccc(C(C)(C)C)cc1.CC(C)(C)c1ccc(NC(N)=O)cc1. The first-order chi connectivity index (χ1) is 12.8. The number of primary amides is 1. The van der Waals surface area contributed by atoms with E-state index >= 15 is 0 Å². The Balaban J connectivity index is 0.000000280. The highest BCUT2D eigenvalue weighted by Crippen LogP contribution is 2.24. The van der Waals surface area contributed by atoms with Crippen molar-refractivity contribution in [3.63, 3.8) is 0 Å². The van der Waals surface area contributed by atoms with Crippen LogP contribution < -0.4 is 16.4 Å². The zero-order chi connectivity index (χ0) is 21.5. The quantitative estimate of drug-likeness (QED) is 0.647. The minimum absolute atomic E-state index is 0.0338. The van der Waals surface area contributed by atoms with E-state index in [1.54, 1.807) is 0 Å². The zero-order valence-electron chi connectivity index (χ0n) is 18.0. The summed E-state index contributed by atoms with van der Waals surface area (Å²) in [5, 5.41) is 5.27. The number of carbonyl (C=O) groups excluding carboxylic acids is 2. The normalized spacial score (nSPS) is 11.1. The van der Waals surface area contributed by atoms with E-state index in [4.69, 9.17) is 5.73 Å². The molecule has 0 saturated heterocycles. The fraction of sp³-hybridized carbons (Fsp3) is 0.391. The molecule has 2 rings (SSSR count). The molecule has 0 spiro atoms. The number of amides is 3. The maximum Gasteiger partial charge on any atom is 0.316 e. The first kappa shape index (κ1) is 23.2. The predicted molar refractivity (Wildman–Crippen MR) is 118 cm³/mol. The van der Waals surface area contributed by atoms with Crippen molar-refractivity contribution in [1.29, 1.82) is 0 Å². The molecule has 0 aliphatic carbocycles. The molecule has 0 aromatic heterocycles. The molecule has 152 valence electrons. The number of carbonyl (C=O) groups is 2. The third kappa shape index (κ3) is 8.25. The second kappa shape index (κ2) is 9.40. The minimum atomic E-state index is -0.534. The predicted octanol–water partition coefficient (Wildman–Crippen LogP) is 5.42. The van der Waals surface area contributed by atoms with Crippen LogP contribution in [0.2, 0.25) is 0 Å². The first-order valence-corrected chi connectivity index (χ1v) is 9.34. The highest BCUT2D eigenvalue weighted by atomic mass is 16.2. The van der Waals surface area contributed by atoms with Crippen LogP contribution in [0.25, 0.3) is 0 Å². The van der Waals surface area contributed by atoms with Gasteiger partial charge >= 0.3 is 6.03 Å². The summed E-state index contributed by atoms with van der Waals surface area (Å²) in [6.07, 6.45) is 0. The van der Waals surface area contributed by atoms with Crippen LogP contribution in [0.15, 0.2) is 48.5 Å². The fourth-order valence-corrected chi connectivity index (χ4v) is 2.45. The molecule has 2 aromatic carbocycles. The van der Waals surface area contributed by atoms with Crippen molar-refractivity contribution in [1.82, 2.24) is 0 Å². The maximum absolute atomic E-state index is 10.8. The molecule has 0 saturated carbocycles. The summed E-state index contributed by atoms with van der Waals surface area (Å²) in [6, 6.07) is 15.1. The van der Waals surface area contributed by atoms with E-state index in [-0.39, 0.29) is 16.7 Å². The van der Waals surface area contributed by atoms with Gasteiger partial charge in [0.2, 0.25) is 5.91 Å².